The SMILES string of the molecule is N=C(c1ccc(NC(=O)c2ccccc2)cc1)c1c(N)ncnc1NC1CC2CNC1C2. The van der Waals surface area contributed by atoms with Gasteiger partial charge in [-0.3, -0.25) is 10.2 Å². The van der Waals surface area contributed by atoms with Crippen molar-refractivity contribution >= 4 is 28.9 Å². The standard InChI is InChI=1S/C24H25N7O/c25-21(15-6-8-17(9-7-15)30-24(32)16-4-2-1-3-5-16)20-22(26)28-13-29-23(20)31-19-11-14-10-18(19)27-12-14/h1-9,13-14,18-19,25,27H,10-12H2,(H,30,32)(H3,26,28,29,31). The van der Waals surface area contributed by atoms with Gasteiger partial charge in [0.25, 0.3) is 5.91 Å². The first kappa shape index (κ1) is 20.1. The predicted molar refractivity (Wildman–Crippen MR) is 125 cm³/mol. The smallest absolute Gasteiger partial charge is 0.255 e. The van der Waals surface area contributed by atoms with Gasteiger partial charge in [-0.1, -0.05) is 30.3 Å². The van der Waals surface area contributed by atoms with Gasteiger partial charge < -0.3 is 21.7 Å². The zero-order chi connectivity index (χ0) is 22.1. The van der Waals surface area contributed by atoms with Crippen LogP contribution < -0.4 is 21.7 Å². The van der Waals surface area contributed by atoms with Gasteiger partial charge in [-0.25, -0.2) is 9.97 Å². The fourth-order valence-electron chi connectivity index (χ4n) is 4.60. The number of benzene rings is 2. The van der Waals surface area contributed by atoms with Crippen molar-refractivity contribution in [2.45, 2.75) is 24.9 Å². The summed E-state index contributed by atoms with van der Waals surface area (Å²) >= 11 is 0. The van der Waals surface area contributed by atoms with Crippen molar-refractivity contribution in [2.24, 2.45) is 5.92 Å². The molecule has 162 valence electrons. The van der Waals surface area contributed by atoms with E-state index in [4.69, 9.17) is 11.1 Å². The molecule has 0 spiro atoms. The number of nitrogen functional groups attached to an aromatic ring is 1. The van der Waals surface area contributed by atoms with Crippen LogP contribution in [0.5, 0.6) is 0 Å². The Kier molecular flexibility index (Phi) is 5.28. The lowest BCUT2D eigenvalue weighted by Crippen LogP contribution is -2.41. The van der Waals surface area contributed by atoms with Crippen molar-refractivity contribution in [1.82, 2.24) is 15.3 Å². The quantitative estimate of drug-likeness (QED) is 0.385. The van der Waals surface area contributed by atoms with Gasteiger partial charge in [-0.2, -0.15) is 0 Å². The summed E-state index contributed by atoms with van der Waals surface area (Å²) in [5.41, 5.74) is 8.81. The molecule has 2 bridgehead atoms. The summed E-state index contributed by atoms with van der Waals surface area (Å²) < 4.78 is 0. The first-order chi connectivity index (χ1) is 15.6. The number of nitrogens with zero attached hydrogens (tertiary/aromatic N) is 2. The van der Waals surface area contributed by atoms with E-state index >= 15 is 0 Å². The highest BCUT2D eigenvalue weighted by Crippen LogP contribution is 2.34. The molecule has 3 aromatic rings. The summed E-state index contributed by atoms with van der Waals surface area (Å²) in [5, 5.41) is 18.7. The minimum Gasteiger partial charge on any atom is -0.383 e. The first-order valence-electron chi connectivity index (χ1n) is 10.7. The van der Waals surface area contributed by atoms with Crippen LogP contribution in [0.4, 0.5) is 17.3 Å². The number of fused-ring (bicyclic) bond motifs is 2. The number of nitrogens with two attached hydrogens (primary N) is 1. The van der Waals surface area contributed by atoms with E-state index in [-0.39, 0.29) is 23.5 Å². The maximum Gasteiger partial charge on any atom is 0.255 e. The van der Waals surface area contributed by atoms with Gasteiger partial charge in [-0.05, 0) is 49.6 Å². The number of hydrogen-bond donors (Lipinski definition) is 5. The van der Waals surface area contributed by atoms with Crippen LogP contribution in [-0.4, -0.2) is 40.2 Å². The third kappa shape index (κ3) is 3.92. The Morgan fingerprint density at radius 3 is 2.50 bits per heavy atom. The molecule has 1 saturated carbocycles. The number of rotatable bonds is 6. The van der Waals surface area contributed by atoms with E-state index in [9.17, 15) is 4.79 Å². The molecule has 0 radical (unpaired) electrons. The van der Waals surface area contributed by atoms with E-state index in [1.165, 1.54) is 12.7 Å². The van der Waals surface area contributed by atoms with Crippen LogP contribution >= 0.6 is 0 Å². The Labute approximate surface area is 186 Å². The zero-order valence-electron chi connectivity index (χ0n) is 17.5. The highest BCUT2D eigenvalue weighted by molar-refractivity contribution is 6.16. The van der Waals surface area contributed by atoms with Crippen LogP contribution in [0.3, 0.4) is 0 Å². The number of aromatic nitrogens is 2. The van der Waals surface area contributed by atoms with Crippen molar-refractivity contribution in [3.63, 3.8) is 0 Å². The van der Waals surface area contributed by atoms with Crippen molar-refractivity contribution in [1.29, 1.82) is 5.41 Å². The largest absolute Gasteiger partial charge is 0.383 e. The third-order valence-electron chi connectivity index (χ3n) is 6.25. The molecular weight excluding hydrogens is 402 g/mol. The number of amides is 1. The molecule has 2 heterocycles. The summed E-state index contributed by atoms with van der Waals surface area (Å²) in [7, 11) is 0. The fraction of sp³-hybridized carbons (Fsp3) is 0.250. The molecule has 1 aromatic heterocycles. The van der Waals surface area contributed by atoms with E-state index in [1.54, 1.807) is 36.4 Å². The summed E-state index contributed by atoms with van der Waals surface area (Å²) in [6.45, 7) is 1.07. The second-order valence-electron chi connectivity index (χ2n) is 8.36. The Morgan fingerprint density at radius 1 is 1.03 bits per heavy atom. The van der Waals surface area contributed by atoms with E-state index < -0.39 is 0 Å². The molecule has 8 heteroatoms. The van der Waals surface area contributed by atoms with Crippen LogP contribution in [0.1, 0.15) is 34.3 Å². The molecule has 6 N–H and O–H groups in total. The minimum absolute atomic E-state index is 0.180. The zero-order valence-corrected chi connectivity index (χ0v) is 17.5. The fourth-order valence-corrected chi connectivity index (χ4v) is 4.60. The molecule has 1 saturated heterocycles. The van der Waals surface area contributed by atoms with Crippen molar-refractivity contribution < 1.29 is 4.79 Å². The van der Waals surface area contributed by atoms with Gasteiger partial charge in [0.1, 0.15) is 18.0 Å². The number of nitrogens with one attached hydrogen (secondary N) is 4. The molecule has 3 atom stereocenters. The second kappa shape index (κ2) is 8.39. The molecule has 2 aromatic carbocycles. The topological polar surface area (TPSA) is 129 Å². The van der Waals surface area contributed by atoms with Gasteiger partial charge in [0.05, 0.1) is 11.3 Å². The number of anilines is 3. The Morgan fingerprint density at radius 2 is 1.81 bits per heavy atom. The lowest BCUT2D eigenvalue weighted by atomic mass is 10.0. The van der Waals surface area contributed by atoms with Crippen LogP contribution in [0.25, 0.3) is 0 Å². The summed E-state index contributed by atoms with van der Waals surface area (Å²) in [5.74, 6) is 1.37. The van der Waals surface area contributed by atoms with E-state index in [1.807, 2.05) is 18.2 Å². The van der Waals surface area contributed by atoms with Gasteiger partial charge in [-0.15, -0.1) is 0 Å². The van der Waals surface area contributed by atoms with Gasteiger partial charge in [0.2, 0.25) is 0 Å². The summed E-state index contributed by atoms with van der Waals surface area (Å²) in [6.07, 6.45) is 3.68. The van der Waals surface area contributed by atoms with Crippen molar-refractivity contribution in [3.05, 3.63) is 77.6 Å². The molecule has 2 fully saturated rings. The van der Waals surface area contributed by atoms with Crippen LogP contribution in [0.2, 0.25) is 0 Å². The second-order valence-corrected chi connectivity index (χ2v) is 8.36. The number of hydrogen-bond acceptors (Lipinski definition) is 7. The Hall–Kier alpha value is -3.78. The lowest BCUT2D eigenvalue weighted by molar-refractivity contribution is 0.102. The van der Waals surface area contributed by atoms with Crippen molar-refractivity contribution in [2.75, 3.05) is 22.9 Å². The molecule has 32 heavy (non-hydrogen) atoms. The maximum atomic E-state index is 12.4. The number of piperidine rings is 1. The highest BCUT2D eigenvalue weighted by atomic mass is 16.1. The lowest BCUT2D eigenvalue weighted by Gasteiger charge is -2.25. The van der Waals surface area contributed by atoms with E-state index in [0.717, 1.165) is 13.0 Å². The molecule has 1 aliphatic heterocycles. The maximum absolute atomic E-state index is 12.4. The molecular formula is C24H25N7O. The van der Waals surface area contributed by atoms with Crippen LogP contribution in [-0.2, 0) is 0 Å². The van der Waals surface area contributed by atoms with Crippen LogP contribution in [0, 0.1) is 11.3 Å². The van der Waals surface area contributed by atoms with E-state index in [2.05, 4.69) is 25.9 Å². The van der Waals surface area contributed by atoms with Gasteiger partial charge in [0.15, 0.2) is 0 Å². The van der Waals surface area contributed by atoms with Gasteiger partial charge >= 0.3 is 0 Å². The van der Waals surface area contributed by atoms with Crippen LogP contribution in [0.15, 0.2) is 60.9 Å². The van der Waals surface area contributed by atoms with Crippen molar-refractivity contribution in [3.8, 4) is 0 Å². The first-order valence-corrected chi connectivity index (χ1v) is 10.7. The third-order valence-corrected chi connectivity index (χ3v) is 6.25. The number of carbonyl (C=O) groups excluding carboxylic acids is 1. The average Bonchev–Trinajstić information content (AvgIpc) is 3.43. The summed E-state index contributed by atoms with van der Waals surface area (Å²) in [4.78, 5) is 20.9. The monoisotopic (exact) mass is 427 g/mol. The molecule has 1 aliphatic carbocycles. The predicted octanol–water partition coefficient (Wildman–Crippen LogP) is 2.89. The number of carbonyl (C=O) groups is 1. The Balaban J connectivity index is 1.33. The molecule has 8 nitrogen and oxygen atoms in total. The Bertz CT molecular complexity index is 1150. The normalized spacial score (nSPS) is 21.3. The van der Waals surface area contributed by atoms with E-state index in [0.29, 0.717) is 40.2 Å². The minimum atomic E-state index is -0.180. The van der Waals surface area contributed by atoms with Gasteiger partial charge in [0, 0.05) is 28.9 Å². The molecule has 2 aliphatic rings. The average molecular weight is 428 g/mol. The molecule has 1 amide bonds. The highest BCUT2D eigenvalue weighted by Gasteiger charge is 2.39. The molecule has 5 rings (SSSR count). The summed E-state index contributed by atoms with van der Waals surface area (Å²) in [6, 6.07) is 16.9. The molecule has 3 unspecified atom stereocenters.